The molecular formula is C23H14Cl2N2O3S. The van der Waals surface area contributed by atoms with Gasteiger partial charge in [0.15, 0.2) is 0 Å². The second kappa shape index (κ2) is 8.98. The summed E-state index contributed by atoms with van der Waals surface area (Å²) >= 11 is 13.8. The molecule has 0 atom stereocenters. The number of amides is 4. The van der Waals surface area contributed by atoms with Crippen LogP contribution in [0, 0.1) is 0 Å². The molecule has 0 unspecified atom stereocenters. The van der Waals surface area contributed by atoms with Gasteiger partial charge in [0.25, 0.3) is 11.8 Å². The molecule has 0 bridgehead atoms. The third-order valence-electron chi connectivity index (χ3n) is 4.44. The summed E-state index contributed by atoms with van der Waals surface area (Å²) in [5, 5.41) is 2.41. The highest BCUT2D eigenvalue weighted by molar-refractivity contribution is 7.99. The lowest BCUT2D eigenvalue weighted by Crippen LogP contribution is -2.54. The highest BCUT2D eigenvalue weighted by Gasteiger charge is 2.37. The predicted molar refractivity (Wildman–Crippen MR) is 122 cm³/mol. The molecule has 154 valence electrons. The highest BCUT2D eigenvalue weighted by atomic mass is 35.5. The van der Waals surface area contributed by atoms with Gasteiger partial charge in [-0.2, -0.15) is 0 Å². The summed E-state index contributed by atoms with van der Waals surface area (Å²) < 4.78 is 0. The minimum Gasteiger partial charge on any atom is -0.273 e. The van der Waals surface area contributed by atoms with Gasteiger partial charge in [0.2, 0.25) is 0 Å². The maximum atomic E-state index is 13.0. The molecule has 31 heavy (non-hydrogen) atoms. The number of nitrogens with zero attached hydrogens (tertiary/aromatic N) is 1. The van der Waals surface area contributed by atoms with Crippen LogP contribution in [0.25, 0.3) is 6.08 Å². The first-order valence-electron chi connectivity index (χ1n) is 9.12. The minimum absolute atomic E-state index is 0.0451. The molecule has 4 rings (SSSR count). The Morgan fingerprint density at radius 3 is 2.19 bits per heavy atom. The third-order valence-corrected chi connectivity index (χ3v) is 6.27. The van der Waals surface area contributed by atoms with Gasteiger partial charge in [-0.15, -0.1) is 0 Å². The Balaban J connectivity index is 1.62. The Labute approximate surface area is 192 Å². The Bertz CT molecular complexity index is 1210. The Morgan fingerprint density at radius 1 is 0.806 bits per heavy atom. The number of benzene rings is 3. The number of anilines is 1. The van der Waals surface area contributed by atoms with Gasteiger partial charge in [-0.1, -0.05) is 71.4 Å². The summed E-state index contributed by atoms with van der Waals surface area (Å²) in [6.07, 6.45) is 1.44. The van der Waals surface area contributed by atoms with Crippen molar-refractivity contribution in [3.63, 3.8) is 0 Å². The molecule has 1 saturated heterocycles. The van der Waals surface area contributed by atoms with Crippen molar-refractivity contribution in [3.05, 3.63) is 94.0 Å². The van der Waals surface area contributed by atoms with Crippen molar-refractivity contribution < 1.29 is 14.4 Å². The van der Waals surface area contributed by atoms with Crippen LogP contribution in [-0.4, -0.2) is 17.8 Å². The predicted octanol–water partition coefficient (Wildman–Crippen LogP) is 5.81. The number of imide groups is 2. The molecule has 1 N–H and O–H groups in total. The molecule has 0 aliphatic carbocycles. The SMILES string of the molecule is O=C1NC(=O)N(c2cccc(Cl)c2Cl)C(=O)C1=Cc1ccc(Sc2ccccc2)cc1. The van der Waals surface area contributed by atoms with E-state index in [0.717, 1.165) is 14.7 Å². The molecule has 1 fully saturated rings. The van der Waals surface area contributed by atoms with Crippen LogP contribution in [0.2, 0.25) is 10.0 Å². The van der Waals surface area contributed by atoms with Crippen LogP contribution < -0.4 is 10.2 Å². The summed E-state index contributed by atoms with van der Waals surface area (Å²) in [6, 6.07) is 21.0. The van der Waals surface area contributed by atoms with Crippen molar-refractivity contribution >= 4 is 64.6 Å². The summed E-state index contributed by atoms with van der Waals surface area (Å²) in [5.41, 5.74) is 0.561. The van der Waals surface area contributed by atoms with E-state index in [0.29, 0.717) is 5.56 Å². The quantitative estimate of drug-likeness (QED) is 0.387. The van der Waals surface area contributed by atoms with E-state index >= 15 is 0 Å². The van der Waals surface area contributed by atoms with Crippen LogP contribution in [0.1, 0.15) is 5.56 Å². The molecule has 0 radical (unpaired) electrons. The van der Waals surface area contributed by atoms with Gasteiger partial charge in [0.05, 0.1) is 15.7 Å². The molecule has 1 aliphatic heterocycles. The number of urea groups is 1. The van der Waals surface area contributed by atoms with E-state index in [-0.39, 0.29) is 21.3 Å². The smallest absolute Gasteiger partial charge is 0.273 e. The van der Waals surface area contributed by atoms with Crippen molar-refractivity contribution in [2.45, 2.75) is 9.79 Å². The monoisotopic (exact) mass is 468 g/mol. The van der Waals surface area contributed by atoms with E-state index in [1.165, 1.54) is 18.2 Å². The first-order valence-corrected chi connectivity index (χ1v) is 10.7. The molecular weight excluding hydrogens is 455 g/mol. The zero-order valence-electron chi connectivity index (χ0n) is 15.8. The summed E-state index contributed by atoms with van der Waals surface area (Å²) in [6.45, 7) is 0. The van der Waals surface area contributed by atoms with E-state index in [2.05, 4.69) is 5.32 Å². The number of halogens is 2. The lowest BCUT2D eigenvalue weighted by atomic mass is 10.1. The first kappa shape index (κ1) is 21.2. The summed E-state index contributed by atoms with van der Waals surface area (Å²) in [5.74, 6) is -1.55. The first-order chi connectivity index (χ1) is 14.9. The zero-order chi connectivity index (χ0) is 22.0. The summed E-state index contributed by atoms with van der Waals surface area (Å²) in [4.78, 5) is 40.6. The van der Waals surface area contributed by atoms with E-state index in [9.17, 15) is 14.4 Å². The third kappa shape index (κ3) is 4.51. The standard InChI is InChI=1S/C23H14Cl2N2O3S/c24-18-7-4-8-19(20(18)25)27-22(29)17(21(28)26-23(27)30)13-14-9-11-16(12-10-14)31-15-5-2-1-3-6-15/h1-13H,(H,26,28,30). The van der Waals surface area contributed by atoms with E-state index in [1.807, 2.05) is 42.5 Å². The number of rotatable bonds is 4. The number of hydrogen-bond donors (Lipinski definition) is 1. The topological polar surface area (TPSA) is 66.5 Å². The fourth-order valence-corrected chi connectivity index (χ4v) is 4.18. The molecule has 4 amide bonds. The maximum absolute atomic E-state index is 13.0. The fraction of sp³-hybridized carbons (Fsp3) is 0. The van der Waals surface area contributed by atoms with Crippen molar-refractivity contribution in [2.24, 2.45) is 0 Å². The van der Waals surface area contributed by atoms with Gasteiger partial charge < -0.3 is 0 Å². The van der Waals surface area contributed by atoms with Crippen molar-refractivity contribution in [2.75, 3.05) is 4.90 Å². The number of carbonyl (C=O) groups is 3. The van der Waals surface area contributed by atoms with Crippen LogP contribution in [-0.2, 0) is 9.59 Å². The maximum Gasteiger partial charge on any atom is 0.336 e. The Hall–Kier alpha value is -3.06. The number of barbiturate groups is 1. The van der Waals surface area contributed by atoms with Crippen LogP contribution in [0.3, 0.4) is 0 Å². The van der Waals surface area contributed by atoms with Gasteiger partial charge in [0, 0.05) is 9.79 Å². The molecule has 1 heterocycles. The molecule has 0 saturated carbocycles. The molecule has 3 aromatic rings. The zero-order valence-corrected chi connectivity index (χ0v) is 18.2. The minimum atomic E-state index is -0.883. The Kier molecular flexibility index (Phi) is 6.13. The van der Waals surface area contributed by atoms with Crippen LogP contribution in [0.5, 0.6) is 0 Å². The van der Waals surface area contributed by atoms with Gasteiger partial charge in [-0.3, -0.25) is 14.9 Å². The average molecular weight is 469 g/mol. The fourth-order valence-electron chi connectivity index (χ4n) is 2.96. The average Bonchev–Trinajstić information content (AvgIpc) is 2.76. The molecule has 0 spiro atoms. The number of nitrogens with one attached hydrogen (secondary N) is 1. The van der Waals surface area contributed by atoms with Gasteiger partial charge in [-0.25, -0.2) is 9.69 Å². The van der Waals surface area contributed by atoms with Crippen LogP contribution in [0.4, 0.5) is 10.5 Å². The number of hydrogen-bond acceptors (Lipinski definition) is 4. The second-order valence-corrected chi connectivity index (χ2v) is 8.45. The largest absolute Gasteiger partial charge is 0.336 e. The molecule has 3 aromatic carbocycles. The van der Waals surface area contributed by atoms with Crippen LogP contribution >= 0.6 is 35.0 Å². The summed E-state index contributed by atoms with van der Waals surface area (Å²) in [7, 11) is 0. The van der Waals surface area contributed by atoms with Crippen molar-refractivity contribution in [1.82, 2.24) is 5.32 Å². The van der Waals surface area contributed by atoms with E-state index in [1.54, 1.807) is 30.0 Å². The normalized spacial score (nSPS) is 15.4. The van der Waals surface area contributed by atoms with Gasteiger partial charge in [0.1, 0.15) is 5.57 Å². The Morgan fingerprint density at radius 2 is 1.48 bits per heavy atom. The lowest BCUT2D eigenvalue weighted by molar-refractivity contribution is -0.122. The molecule has 8 heteroatoms. The van der Waals surface area contributed by atoms with Gasteiger partial charge in [-0.05, 0) is 48.0 Å². The lowest BCUT2D eigenvalue weighted by Gasteiger charge is -2.27. The number of carbonyl (C=O) groups excluding carboxylic acids is 3. The molecule has 5 nitrogen and oxygen atoms in total. The van der Waals surface area contributed by atoms with Crippen LogP contribution in [0.15, 0.2) is 88.2 Å². The highest BCUT2D eigenvalue weighted by Crippen LogP contribution is 2.34. The van der Waals surface area contributed by atoms with E-state index < -0.39 is 17.8 Å². The van der Waals surface area contributed by atoms with Crippen molar-refractivity contribution in [1.29, 1.82) is 0 Å². The molecule has 1 aliphatic rings. The van der Waals surface area contributed by atoms with Crippen molar-refractivity contribution in [3.8, 4) is 0 Å². The van der Waals surface area contributed by atoms with Gasteiger partial charge >= 0.3 is 6.03 Å². The molecule has 0 aromatic heterocycles. The van der Waals surface area contributed by atoms with E-state index in [4.69, 9.17) is 23.2 Å². The second-order valence-electron chi connectivity index (χ2n) is 6.51.